The van der Waals surface area contributed by atoms with E-state index in [2.05, 4.69) is 28.1 Å². The van der Waals surface area contributed by atoms with Crippen molar-refractivity contribution in [3.63, 3.8) is 0 Å². The molecular weight excluding hydrogens is 256 g/mol. The van der Waals surface area contributed by atoms with Crippen LogP contribution in [0.3, 0.4) is 0 Å². The number of benzene rings is 1. The molecule has 0 radical (unpaired) electrons. The van der Waals surface area contributed by atoms with Gasteiger partial charge in [-0.2, -0.15) is 0 Å². The highest BCUT2D eigenvalue weighted by molar-refractivity contribution is 9.09. The van der Waals surface area contributed by atoms with E-state index in [0.29, 0.717) is 0 Å². The van der Waals surface area contributed by atoms with Crippen molar-refractivity contribution in [3.8, 4) is 5.75 Å². The van der Waals surface area contributed by atoms with Crippen LogP contribution in [0.2, 0.25) is 0 Å². The topological polar surface area (TPSA) is 18.5 Å². The highest BCUT2D eigenvalue weighted by Crippen LogP contribution is 2.30. The maximum absolute atomic E-state index is 5.67. The van der Waals surface area contributed by atoms with E-state index in [1.807, 2.05) is 13.0 Å². The molecule has 0 saturated carbocycles. The lowest BCUT2D eigenvalue weighted by atomic mass is 9.98. The van der Waals surface area contributed by atoms with E-state index >= 15 is 0 Å². The van der Waals surface area contributed by atoms with E-state index < -0.39 is 0 Å². The van der Waals surface area contributed by atoms with Gasteiger partial charge in [-0.25, -0.2) is 0 Å². The first-order chi connectivity index (χ1) is 7.35. The van der Waals surface area contributed by atoms with Gasteiger partial charge in [0, 0.05) is 5.33 Å². The van der Waals surface area contributed by atoms with Crippen LogP contribution in [-0.2, 0) is 11.2 Å². The van der Waals surface area contributed by atoms with Crippen LogP contribution in [0.1, 0.15) is 24.2 Å². The summed E-state index contributed by atoms with van der Waals surface area (Å²) in [6, 6.07) is 6.27. The Labute approximate surface area is 98.7 Å². The Balaban J connectivity index is 2.27. The van der Waals surface area contributed by atoms with Crippen LogP contribution >= 0.6 is 15.9 Å². The van der Waals surface area contributed by atoms with Gasteiger partial charge in [0.1, 0.15) is 5.75 Å². The molecule has 0 fully saturated rings. The third kappa shape index (κ3) is 2.34. The van der Waals surface area contributed by atoms with Gasteiger partial charge in [-0.05, 0) is 36.6 Å². The molecule has 0 saturated heterocycles. The largest absolute Gasteiger partial charge is 0.494 e. The van der Waals surface area contributed by atoms with Crippen LogP contribution in [0.25, 0.3) is 0 Å². The van der Waals surface area contributed by atoms with E-state index in [4.69, 9.17) is 9.47 Å². The number of halogens is 1. The minimum atomic E-state index is 0.199. The molecule has 1 aromatic carbocycles. The Morgan fingerprint density at radius 1 is 1.53 bits per heavy atom. The van der Waals surface area contributed by atoms with E-state index in [0.717, 1.165) is 30.7 Å². The smallest absolute Gasteiger partial charge is 0.119 e. The van der Waals surface area contributed by atoms with E-state index in [1.54, 1.807) is 0 Å². The second-order valence-corrected chi connectivity index (χ2v) is 4.20. The van der Waals surface area contributed by atoms with Gasteiger partial charge in [0.05, 0.1) is 19.3 Å². The van der Waals surface area contributed by atoms with Crippen molar-refractivity contribution >= 4 is 15.9 Å². The third-order valence-corrected chi connectivity index (χ3v) is 3.19. The van der Waals surface area contributed by atoms with E-state index in [9.17, 15) is 0 Å². The SMILES string of the molecule is CCOc1ccc2c(c1)CCOC2CBr. The molecule has 0 N–H and O–H groups in total. The summed E-state index contributed by atoms with van der Waals surface area (Å²) in [7, 11) is 0. The lowest BCUT2D eigenvalue weighted by molar-refractivity contribution is 0.0595. The average Bonchev–Trinajstić information content (AvgIpc) is 2.28. The molecule has 82 valence electrons. The normalized spacial score (nSPS) is 19.7. The number of hydrogen-bond acceptors (Lipinski definition) is 2. The minimum absolute atomic E-state index is 0.199. The van der Waals surface area contributed by atoms with Crippen LogP contribution in [-0.4, -0.2) is 18.5 Å². The summed E-state index contributed by atoms with van der Waals surface area (Å²) in [5.74, 6) is 0.964. The molecule has 2 rings (SSSR count). The highest BCUT2D eigenvalue weighted by atomic mass is 79.9. The maximum atomic E-state index is 5.67. The Morgan fingerprint density at radius 3 is 3.13 bits per heavy atom. The second-order valence-electron chi connectivity index (χ2n) is 3.56. The summed E-state index contributed by atoms with van der Waals surface area (Å²) in [6.45, 7) is 3.53. The summed E-state index contributed by atoms with van der Waals surface area (Å²) < 4.78 is 11.2. The molecule has 0 aromatic heterocycles. The molecule has 1 aromatic rings. The molecule has 0 aliphatic carbocycles. The molecule has 15 heavy (non-hydrogen) atoms. The van der Waals surface area contributed by atoms with Gasteiger partial charge in [-0.3, -0.25) is 0 Å². The standard InChI is InChI=1S/C12H15BrO2/c1-2-14-10-3-4-11-9(7-10)5-6-15-12(11)8-13/h3-4,7,12H,2,5-6,8H2,1H3. The number of ether oxygens (including phenoxy) is 2. The number of hydrogen-bond donors (Lipinski definition) is 0. The van der Waals surface area contributed by atoms with Crippen LogP contribution in [0.4, 0.5) is 0 Å². The maximum Gasteiger partial charge on any atom is 0.119 e. The Hall–Kier alpha value is -0.540. The summed E-state index contributed by atoms with van der Waals surface area (Å²) in [4.78, 5) is 0. The van der Waals surface area contributed by atoms with Crippen molar-refractivity contribution in [3.05, 3.63) is 29.3 Å². The minimum Gasteiger partial charge on any atom is -0.494 e. The first-order valence-corrected chi connectivity index (χ1v) is 6.40. The van der Waals surface area contributed by atoms with Crippen LogP contribution in [0, 0.1) is 0 Å². The molecule has 3 heteroatoms. The zero-order valence-corrected chi connectivity index (χ0v) is 10.4. The molecule has 1 unspecified atom stereocenters. The lowest BCUT2D eigenvalue weighted by Gasteiger charge is -2.25. The Morgan fingerprint density at radius 2 is 2.40 bits per heavy atom. The predicted octanol–water partition coefficient (Wildman–Crippen LogP) is 3.09. The molecule has 0 amide bonds. The molecule has 2 nitrogen and oxygen atoms in total. The van der Waals surface area contributed by atoms with Gasteiger partial charge in [-0.15, -0.1) is 0 Å². The fourth-order valence-electron chi connectivity index (χ4n) is 1.90. The van der Waals surface area contributed by atoms with Gasteiger partial charge in [0.25, 0.3) is 0 Å². The molecular formula is C12H15BrO2. The Kier molecular flexibility index (Phi) is 3.65. The quantitative estimate of drug-likeness (QED) is 0.786. The molecule has 1 aliphatic rings. The van der Waals surface area contributed by atoms with Crippen molar-refractivity contribution in [2.75, 3.05) is 18.5 Å². The van der Waals surface area contributed by atoms with Crippen molar-refractivity contribution in [1.82, 2.24) is 0 Å². The lowest BCUT2D eigenvalue weighted by Crippen LogP contribution is -2.17. The predicted molar refractivity (Wildman–Crippen MR) is 63.8 cm³/mol. The zero-order valence-electron chi connectivity index (χ0n) is 8.83. The van der Waals surface area contributed by atoms with Crippen molar-refractivity contribution in [2.24, 2.45) is 0 Å². The van der Waals surface area contributed by atoms with Crippen LogP contribution in [0.15, 0.2) is 18.2 Å². The molecule has 1 aliphatic heterocycles. The van der Waals surface area contributed by atoms with E-state index in [-0.39, 0.29) is 6.10 Å². The van der Waals surface area contributed by atoms with Crippen molar-refractivity contribution in [1.29, 1.82) is 0 Å². The number of fused-ring (bicyclic) bond motifs is 1. The first kappa shape index (κ1) is 11.0. The number of alkyl halides is 1. The molecule has 0 spiro atoms. The summed E-state index contributed by atoms with van der Waals surface area (Å²) in [5, 5.41) is 0.855. The average molecular weight is 271 g/mol. The van der Waals surface area contributed by atoms with Gasteiger partial charge >= 0.3 is 0 Å². The van der Waals surface area contributed by atoms with Gasteiger partial charge in [0.15, 0.2) is 0 Å². The molecule has 1 heterocycles. The summed E-state index contributed by atoms with van der Waals surface area (Å²) in [5.41, 5.74) is 2.65. The summed E-state index contributed by atoms with van der Waals surface area (Å²) >= 11 is 3.47. The zero-order chi connectivity index (χ0) is 10.7. The highest BCUT2D eigenvalue weighted by Gasteiger charge is 2.19. The first-order valence-electron chi connectivity index (χ1n) is 5.28. The fourth-order valence-corrected chi connectivity index (χ4v) is 2.43. The Bertz CT molecular complexity index is 338. The van der Waals surface area contributed by atoms with Gasteiger partial charge in [0.2, 0.25) is 0 Å². The van der Waals surface area contributed by atoms with Crippen LogP contribution < -0.4 is 4.74 Å². The van der Waals surface area contributed by atoms with Gasteiger partial charge in [-0.1, -0.05) is 22.0 Å². The van der Waals surface area contributed by atoms with Gasteiger partial charge < -0.3 is 9.47 Å². The summed E-state index contributed by atoms with van der Waals surface area (Å²) in [6.07, 6.45) is 1.18. The van der Waals surface area contributed by atoms with E-state index in [1.165, 1.54) is 11.1 Å². The number of rotatable bonds is 3. The van der Waals surface area contributed by atoms with Crippen molar-refractivity contribution in [2.45, 2.75) is 19.4 Å². The monoisotopic (exact) mass is 270 g/mol. The third-order valence-electron chi connectivity index (χ3n) is 2.60. The molecule has 0 bridgehead atoms. The van der Waals surface area contributed by atoms with Crippen LogP contribution in [0.5, 0.6) is 5.75 Å². The molecule has 1 atom stereocenters. The second kappa shape index (κ2) is 4.99. The van der Waals surface area contributed by atoms with Crippen molar-refractivity contribution < 1.29 is 9.47 Å². The fraction of sp³-hybridized carbons (Fsp3) is 0.500.